The van der Waals surface area contributed by atoms with Crippen LogP contribution in [-0.2, 0) is 13.0 Å². The molecule has 5 rings (SSSR count). The lowest BCUT2D eigenvalue weighted by atomic mass is 10.1. The number of nitrogens with one attached hydrogen (secondary N) is 1. The minimum atomic E-state index is -0.318. The van der Waals surface area contributed by atoms with Gasteiger partial charge in [0.15, 0.2) is 5.82 Å². The van der Waals surface area contributed by atoms with E-state index in [0.717, 1.165) is 28.1 Å². The van der Waals surface area contributed by atoms with Crippen LogP contribution in [0.5, 0.6) is 5.75 Å². The Morgan fingerprint density at radius 3 is 2.62 bits per heavy atom. The summed E-state index contributed by atoms with van der Waals surface area (Å²) in [5, 5.41) is 0.641. The number of hydrogen-bond donors (Lipinski definition) is 1. The van der Waals surface area contributed by atoms with E-state index < -0.39 is 0 Å². The second-order valence-electron chi connectivity index (χ2n) is 7.46. The van der Waals surface area contributed by atoms with Crippen molar-refractivity contribution in [3.63, 3.8) is 0 Å². The fraction of sp³-hybridized carbons (Fsp3) is 0.0769. The molecule has 0 saturated carbocycles. The molecule has 0 aliphatic carbocycles. The normalized spacial score (nSPS) is 11.1. The van der Waals surface area contributed by atoms with E-state index in [-0.39, 0.29) is 5.82 Å². The van der Waals surface area contributed by atoms with Crippen LogP contribution in [-0.4, -0.2) is 15.0 Å². The molecular weight excluding hydrogens is 425 g/mol. The molecule has 32 heavy (non-hydrogen) atoms. The van der Waals surface area contributed by atoms with Gasteiger partial charge in [-0.15, -0.1) is 0 Å². The van der Waals surface area contributed by atoms with E-state index >= 15 is 0 Å². The molecule has 3 aromatic carbocycles. The molecular formula is C26H19ClFN3O. The number of halogens is 2. The van der Waals surface area contributed by atoms with E-state index in [0.29, 0.717) is 35.1 Å². The van der Waals surface area contributed by atoms with E-state index in [1.54, 1.807) is 6.07 Å². The standard InChI is InChI=1S/C26H19ClFN3O/c27-19-9-12-25(32-16-17-5-2-1-3-6-17)18(13-19)14-21-7-4-8-23(29-21)26-30-22-11-10-20(28)15-24(22)31-26/h1-13,15H,14,16H2,(H,30,31). The van der Waals surface area contributed by atoms with Crippen LogP contribution in [0.2, 0.25) is 5.02 Å². The largest absolute Gasteiger partial charge is 0.489 e. The SMILES string of the molecule is Fc1ccc2[nH]c(-c3cccc(Cc4cc(Cl)ccc4OCc4ccccc4)n3)nc2c1. The number of imidazole rings is 1. The van der Waals surface area contributed by atoms with Crippen molar-refractivity contribution in [3.05, 3.63) is 113 Å². The second-order valence-corrected chi connectivity index (χ2v) is 7.90. The number of pyridine rings is 1. The van der Waals surface area contributed by atoms with Gasteiger partial charge in [-0.2, -0.15) is 0 Å². The summed E-state index contributed by atoms with van der Waals surface area (Å²) in [6.07, 6.45) is 0.549. The van der Waals surface area contributed by atoms with Crippen LogP contribution < -0.4 is 4.74 Å². The fourth-order valence-corrected chi connectivity index (χ4v) is 3.76. The highest BCUT2D eigenvalue weighted by Crippen LogP contribution is 2.27. The summed E-state index contributed by atoms with van der Waals surface area (Å²) in [5.41, 5.74) is 4.91. The zero-order valence-electron chi connectivity index (χ0n) is 17.1. The summed E-state index contributed by atoms with van der Waals surface area (Å²) in [5.74, 6) is 1.05. The molecule has 0 saturated heterocycles. The molecule has 0 radical (unpaired) electrons. The van der Waals surface area contributed by atoms with Crippen molar-refractivity contribution in [2.75, 3.05) is 0 Å². The van der Waals surface area contributed by atoms with Crippen LogP contribution in [0.15, 0.2) is 84.9 Å². The third-order valence-electron chi connectivity index (χ3n) is 5.13. The minimum Gasteiger partial charge on any atom is -0.489 e. The van der Waals surface area contributed by atoms with Crippen molar-refractivity contribution in [1.29, 1.82) is 0 Å². The summed E-state index contributed by atoms with van der Waals surface area (Å²) in [6.45, 7) is 0.471. The number of ether oxygens (including phenoxy) is 1. The van der Waals surface area contributed by atoms with Crippen LogP contribution in [0.25, 0.3) is 22.6 Å². The Morgan fingerprint density at radius 1 is 0.875 bits per heavy atom. The molecule has 2 heterocycles. The van der Waals surface area contributed by atoms with Gasteiger partial charge in [0.2, 0.25) is 0 Å². The maximum absolute atomic E-state index is 13.5. The van der Waals surface area contributed by atoms with Crippen LogP contribution in [0.3, 0.4) is 0 Å². The van der Waals surface area contributed by atoms with E-state index in [9.17, 15) is 4.39 Å². The van der Waals surface area contributed by atoms with Crippen LogP contribution in [0, 0.1) is 5.82 Å². The van der Waals surface area contributed by atoms with Gasteiger partial charge in [-0.3, -0.25) is 0 Å². The predicted octanol–water partition coefficient (Wildman–Crippen LogP) is 6.59. The molecule has 0 unspecified atom stereocenters. The van der Waals surface area contributed by atoms with Crippen molar-refractivity contribution in [1.82, 2.24) is 15.0 Å². The monoisotopic (exact) mass is 443 g/mol. The third kappa shape index (κ3) is 4.48. The Labute approximate surface area is 189 Å². The highest BCUT2D eigenvalue weighted by molar-refractivity contribution is 6.30. The van der Waals surface area contributed by atoms with Crippen molar-refractivity contribution >= 4 is 22.6 Å². The smallest absolute Gasteiger partial charge is 0.157 e. The molecule has 5 aromatic rings. The van der Waals surface area contributed by atoms with Crippen molar-refractivity contribution < 1.29 is 9.13 Å². The summed E-state index contributed by atoms with van der Waals surface area (Å²) < 4.78 is 19.6. The average molecular weight is 444 g/mol. The maximum Gasteiger partial charge on any atom is 0.157 e. The Hall–Kier alpha value is -3.70. The van der Waals surface area contributed by atoms with Gasteiger partial charge in [-0.05, 0) is 48.0 Å². The van der Waals surface area contributed by atoms with E-state index in [1.165, 1.54) is 12.1 Å². The number of aromatic nitrogens is 3. The number of benzene rings is 3. The van der Waals surface area contributed by atoms with Crippen molar-refractivity contribution in [2.45, 2.75) is 13.0 Å². The highest BCUT2D eigenvalue weighted by atomic mass is 35.5. The average Bonchev–Trinajstić information content (AvgIpc) is 3.23. The van der Waals surface area contributed by atoms with Gasteiger partial charge in [-0.1, -0.05) is 48.0 Å². The van der Waals surface area contributed by atoms with Crippen LogP contribution in [0.4, 0.5) is 4.39 Å². The molecule has 4 nitrogen and oxygen atoms in total. The summed E-state index contributed by atoms with van der Waals surface area (Å²) >= 11 is 6.26. The van der Waals surface area contributed by atoms with E-state index in [2.05, 4.69) is 9.97 Å². The molecule has 1 N–H and O–H groups in total. The van der Waals surface area contributed by atoms with Gasteiger partial charge in [-0.25, -0.2) is 14.4 Å². The number of H-pyrrole nitrogens is 1. The Balaban J connectivity index is 1.41. The van der Waals surface area contributed by atoms with Gasteiger partial charge in [0.25, 0.3) is 0 Å². The lowest BCUT2D eigenvalue weighted by molar-refractivity contribution is 0.303. The zero-order valence-corrected chi connectivity index (χ0v) is 17.8. The summed E-state index contributed by atoms with van der Waals surface area (Å²) in [7, 11) is 0. The van der Waals surface area contributed by atoms with E-state index in [4.69, 9.17) is 21.3 Å². The van der Waals surface area contributed by atoms with Gasteiger partial charge < -0.3 is 9.72 Å². The molecule has 2 aromatic heterocycles. The van der Waals surface area contributed by atoms with Gasteiger partial charge in [0.1, 0.15) is 23.9 Å². The predicted molar refractivity (Wildman–Crippen MR) is 124 cm³/mol. The van der Waals surface area contributed by atoms with Gasteiger partial charge in [0.05, 0.1) is 11.0 Å². The Bertz CT molecular complexity index is 1380. The zero-order chi connectivity index (χ0) is 21.9. The number of fused-ring (bicyclic) bond motifs is 1. The number of hydrogen-bond acceptors (Lipinski definition) is 3. The molecule has 0 spiro atoms. The third-order valence-corrected chi connectivity index (χ3v) is 5.36. The lowest BCUT2D eigenvalue weighted by Gasteiger charge is -2.12. The molecule has 0 aliphatic heterocycles. The summed E-state index contributed by atoms with van der Waals surface area (Å²) in [4.78, 5) is 12.4. The molecule has 0 fully saturated rings. The number of nitrogens with zero attached hydrogens (tertiary/aromatic N) is 2. The van der Waals surface area contributed by atoms with Crippen molar-refractivity contribution in [2.24, 2.45) is 0 Å². The summed E-state index contributed by atoms with van der Waals surface area (Å²) in [6, 6.07) is 25.9. The minimum absolute atomic E-state index is 0.318. The molecule has 158 valence electrons. The molecule has 6 heteroatoms. The molecule has 0 atom stereocenters. The first-order chi connectivity index (χ1) is 15.6. The van der Waals surface area contributed by atoms with Crippen LogP contribution in [0.1, 0.15) is 16.8 Å². The lowest BCUT2D eigenvalue weighted by Crippen LogP contribution is -2.01. The number of rotatable bonds is 6. The van der Waals surface area contributed by atoms with Gasteiger partial charge >= 0.3 is 0 Å². The molecule has 0 bridgehead atoms. The first-order valence-electron chi connectivity index (χ1n) is 10.2. The van der Waals surface area contributed by atoms with Crippen molar-refractivity contribution in [3.8, 4) is 17.3 Å². The number of aromatic amines is 1. The first kappa shape index (κ1) is 20.2. The van der Waals surface area contributed by atoms with Crippen LogP contribution >= 0.6 is 11.6 Å². The molecule has 0 amide bonds. The molecule has 0 aliphatic rings. The van der Waals surface area contributed by atoms with Gasteiger partial charge in [0, 0.05) is 28.8 Å². The maximum atomic E-state index is 13.5. The Morgan fingerprint density at radius 2 is 1.75 bits per heavy atom. The second kappa shape index (κ2) is 8.81. The first-order valence-corrected chi connectivity index (χ1v) is 10.6. The van der Waals surface area contributed by atoms with E-state index in [1.807, 2.05) is 66.7 Å². The highest BCUT2D eigenvalue weighted by Gasteiger charge is 2.11. The topological polar surface area (TPSA) is 50.8 Å². The quantitative estimate of drug-likeness (QED) is 0.322. The fourth-order valence-electron chi connectivity index (χ4n) is 3.57. The Kier molecular flexibility index (Phi) is 5.57.